The molecule has 3 amide bonds. The molecule has 0 fully saturated rings. The van der Waals surface area contributed by atoms with Crippen LogP contribution in [0.4, 0.5) is 10.5 Å². The Hall–Kier alpha value is -3.59. The maximum atomic E-state index is 13.5. The summed E-state index contributed by atoms with van der Waals surface area (Å²) in [5.41, 5.74) is 1.26. The van der Waals surface area contributed by atoms with Gasteiger partial charge in [0, 0.05) is 12.2 Å². The molecule has 0 aliphatic heterocycles. The number of nitrogens with one attached hydrogen (secondary N) is 2. The third-order valence-electron chi connectivity index (χ3n) is 5.00. The number of anilines is 1. The average Bonchev–Trinajstić information content (AvgIpc) is 2.77. The molecule has 2 unspecified atom stereocenters. The number of carbonyl (C=O) groups is 3. The van der Waals surface area contributed by atoms with E-state index in [0.29, 0.717) is 17.0 Å². The zero-order valence-corrected chi connectivity index (χ0v) is 21.1. The van der Waals surface area contributed by atoms with E-state index in [1.54, 1.807) is 64.3 Å². The van der Waals surface area contributed by atoms with Crippen LogP contribution in [0.25, 0.3) is 0 Å². The highest BCUT2D eigenvalue weighted by atomic mass is 16.6. The van der Waals surface area contributed by atoms with Gasteiger partial charge in [-0.25, -0.2) is 4.79 Å². The minimum Gasteiger partial charge on any atom is -0.497 e. The number of aliphatic hydroxyl groups excluding tert-OH is 1. The van der Waals surface area contributed by atoms with Gasteiger partial charge in [0.2, 0.25) is 5.91 Å². The molecule has 0 heterocycles. The lowest BCUT2D eigenvalue weighted by Gasteiger charge is -2.33. The Morgan fingerprint density at radius 3 is 2.29 bits per heavy atom. The Balaban J connectivity index is 2.37. The van der Waals surface area contributed by atoms with Crippen LogP contribution in [0, 0.1) is 6.92 Å². The van der Waals surface area contributed by atoms with Crippen LogP contribution in [0.3, 0.4) is 0 Å². The summed E-state index contributed by atoms with van der Waals surface area (Å²) < 4.78 is 10.4. The van der Waals surface area contributed by atoms with E-state index in [9.17, 15) is 19.5 Å². The lowest BCUT2D eigenvalue weighted by molar-refractivity contribution is -0.141. The Labute approximate surface area is 206 Å². The Morgan fingerprint density at radius 2 is 1.74 bits per heavy atom. The van der Waals surface area contributed by atoms with Crippen LogP contribution in [0.5, 0.6) is 5.75 Å². The smallest absolute Gasteiger partial charge is 0.408 e. The number of methoxy groups -OCH3 is 1. The van der Waals surface area contributed by atoms with Gasteiger partial charge in [0.05, 0.1) is 13.7 Å². The highest BCUT2D eigenvalue weighted by Crippen LogP contribution is 2.25. The van der Waals surface area contributed by atoms with Crippen LogP contribution in [0.1, 0.15) is 44.9 Å². The third kappa shape index (κ3) is 8.29. The van der Waals surface area contributed by atoms with Crippen molar-refractivity contribution in [3.63, 3.8) is 0 Å². The molecule has 0 bridgehead atoms. The maximum absolute atomic E-state index is 13.5. The predicted octanol–water partition coefficient (Wildman–Crippen LogP) is 3.42. The van der Waals surface area contributed by atoms with Crippen LogP contribution in [-0.4, -0.2) is 59.8 Å². The first-order valence-corrected chi connectivity index (χ1v) is 11.4. The van der Waals surface area contributed by atoms with Gasteiger partial charge in [0.1, 0.15) is 23.4 Å². The number of hydrogen-bond donors (Lipinski definition) is 3. The second-order valence-corrected chi connectivity index (χ2v) is 9.16. The minimum absolute atomic E-state index is 0.117. The van der Waals surface area contributed by atoms with Gasteiger partial charge >= 0.3 is 6.09 Å². The molecule has 0 spiro atoms. The van der Waals surface area contributed by atoms with Crippen molar-refractivity contribution < 1.29 is 29.0 Å². The molecule has 0 saturated heterocycles. The molecule has 9 heteroatoms. The predicted molar refractivity (Wildman–Crippen MR) is 133 cm³/mol. The van der Waals surface area contributed by atoms with E-state index < -0.39 is 35.6 Å². The fourth-order valence-corrected chi connectivity index (χ4v) is 3.47. The van der Waals surface area contributed by atoms with Crippen LogP contribution in [-0.2, 0) is 14.3 Å². The molecule has 35 heavy (non-hydrogen) atoms. The molecule has 2 aromatic carbocycles. The highest BCUT2D eigenvalue weighted by molar-refractivity contribution is 5.99. The molecule has 9 nitrogen and oxygen atoms in total. The van der Waals surface area contributed by atoms with Crippen molar-refractivity contribution in [2.24, 2.45) is 0 Å². The van der Waals surface area contributed by atoms with Crippen molar-refractivity contribution in [2.75, 3.05) is 25.6 Å². The molecule has 190 valence electrons. The van der Waals surface area contributed by atoms with Gasteiger partial charge < -0.3 is 30.1 Å². The number of ether oxygens (including phenoxy) is 2. The standard InChI is InChI=1S/C26H35N3O6/c1-17-8-7-9-19(16-17)22(23(31)28-20-10-12-21(34-6)13-11-20)29(14-15-30)24(32)18(2)27-25(33)35-26(3,4)5/h7-13,16,18,22,30H,14-15H2,1-6H3,(H,27,33)(H,28,31). The third-order valence-corrected chi connectivity index (χ3v) is 5.00. The largest absolute Gasteiger partial charge is 0.497 e. The number of nitrogens with zero attached hydrogens (tertiary/aromatic N) is 1. The van der Waals surface area contributed by atoms with Gasteiger partial charge in [0.25, 0.3) is 5.91 Å². The Morgan fingerprint density at radius 1 is 1.09 bits per heavy atom. The number of rotatable bonds is 9. The number of amides is 3. The van der Waals surface area contributed by atoms with Crippen molar-refractivity contribution in [3.8, 4) is 5.75 Å². The van der Waals surface area contributed by atoms with Crippen molar-refractivity contribution >= 4 is 23.6 Å². The Bertz CT molecular complexity index is 1020. The van der Waals surface area contributed by atoms with Gasteiger partial charge in [-0.2, -0.15) is 0 Å². The van der Waals surface area contributed by atoms with E-state index in [1.165, 1.54) is 11.8 Å². The maximum Gasteiger partial charge on any atom is 0.408 e. The first-order valence-electron chi connectivity index (χ1n) is 11.4. The molecular formula is C26H35N3O6. The summed E-state index contributed by atoms with van der Waals surface area (Å²) >= 11 is 0. The second kappa shape index (κ2) is 12.2. The molecule has 0 aliphatic carbocycles. The Kier molecular flexibility index (Phi) is 9.65. The summed E-state index contributed by atoms with van der Waals surface area (Å²) in [5.74, 6) is -0.370. The number of aryl methyl sites for hydroxylation is 1. The normalized spacial score (nSPS) is 12.8. The van der Waals surface area contributed by atoms with Gasteiger partial charge in [-0.1, -0.05) is 29.8 Å². The SMILES string of the molecule is COc1ccc(NC(=O)C(c2cccc(C)c2)N(CCO)C(=O)C(C)NC(=O)OC(C)(C)C)cc1. The number of carbonyl (C=O) groups excluding carboxylic acids is 3. The summed E-state index contributed by atoms with van der Waals surface area (Å²) in [6.45, 7) is 8.05. The average molecular weight is 486 g/mol. The molecular weight excluding hydrogens is 450 g/mol. The van der Waals surface area contributed by atoms with Crippen molar-refractivity contribution in [2.45, 2.75) is 52.3 Å². The van der Waals surface area contributed by atoms with Crippen LogP contribution < -0.4 is 15.4 Å². The number of hydrogen-bond acceptors (Lipinski definition) is 6. The van der Waals surface area contributed by atoms with E-state index in [2.05, 4.69) is 10.6 Å². The van der Waals surface area contributed by atoms with E-state index in [0.717, 1.165) is 5.56 Å². The van der Waals surface area contributed by atoms with Crippen molar-refractivity contribution in [1.82, 2.24) is 10.2 Å². The topological polar surface area (TPSA) is 117 Å². The highest BCUT2D eigenvalue weighted by Gasteiger charge is 2.34. The fraction of sp³-hybridized carbons (Fsp3) is 0.423. The lowest BCUT2D eigenvalue weighted by Crippen LogP contribution is -2.51. The van der Waals surface area contributed by atoms with Gasteiger partial charge in [-0.3, -0.25) is 9.59 Å². The molecule has 2 atom stereocenters. The molecule has 0 aliphatic rings. The lowest BCUT2D eigenvalue weighted by atomic mass is 10.0. The van der Waals surface area contributed by atoms with Gasteiger partial charge in [-0.05, 0) is 64.4 Å². The fourth-order valence-electron chi connectivity index (χ4n) is 3.47. The minimum atomic E-state index is -1.06. The van der Waals surface area contributed by atoms with Crippen LogP contribution in [0.2, 0.25) is 0 Å². The first-order chi connectivity index (χ1) is 16.4. The van der Waals surface area contributed by atoms with Crippen LogP contribution >= 0.6 is 0 Å². The number of benzene rings is 2. The number of aliphatic hydroxyl groups is 1. The quantitative estimate of drug-likeness (QED) is 0.501. The monoisotopic (exact) mass is 485 g/mol. The van der Waals surface area contributed by atoms with Crippen molar-refractivity contribution in [3.05, 3.63) is 59.7 Å². The number of alkyl carbamates (subject to hydrolysis) is 1. The summed E-state index contributed by atoms with van der Waals surface area (Å²) in [4.78, 5) is 40.4. The van der Waals surface area contributed by atoms with Gasteiger partial charge in [-0.15, -0.1) is 0 Å². The second-order valence-electron chi connectivity index (χ2n) is 9.16. The van der Waals surface area contributed by atoms with E-state index in [4.69, 9.17) is 9.47 Å². The molecule has 0 saturated carbocycles. The summed E-state index contributed by atoms with van der Waals surface area (Å²) in [7, 11) is 1.55. The molecule has 0 aromatic heterocycles. The zero-order chi connectivity index (χ0) is 26.2. The van der Waals surface area contributed by atoms with Crippen LogP contribution in [0.15, 0.2) is 48.5 Å². The van der Waals surface area contributed by atoms with E-state index >= 15 is 0 Å². The summed E-state index contributed by atoms with van der Waals surface area (Å²) in [5, 5.41) is 15.1. The molecule has 2 rings (SSSR count). The summed E-state index contributed by atoms with van der Waals surface area (Å²) in [6.07, 6.45) is -0.753. The van der Waals surface area contributed by atoms with E-state index in [-0.39, 0.29) is 13.2 Å². The van der Waals surface area contributed by atoms with E-state index in [1.807, 2.05) is 19.1 Å². The van der Waals surface area contributed by atoms with Gasteiger partial charge in [0.15, 0.2) is 0 Å². The first kappa shape index (κ1) is 27.7. The molecule has 3 N–H and O–H groups in total. The summed E-state index contributed by atoms with van der Waals surface area (Å²) in [6, 6.07) is 12.0. The molecule has 0 radical (unpaired) electrons. The molecule has 2 aromatic rings. The van der Waals surface area contributed by atoms with Crippen molar-refractivity contribution in [1.29, 1.82) is 0 Å². The zero-order valence-electron chi connectivity index (χ0n) is 21.1.